The van der Waals surface area contributed by atoms with E-state index < -0.39 is 26.6 Å². The average molecular weight is 626 g/mol. The third-order valence-electron chi connectivity index (χ3n) is 6.95. The second-order valence-electron chi connectivity index (χ2n) is 10.7. The number of nitrogens with zero attached hydrogens (tertiary/aromatic N) is 2. The normalized spacial score (nSPS) is 13.3. The summed E-state index contributed by atoms with van der Waals surface area (Å²) in [6.07, 6.45) is 22.5. The zero-order valence-corrected chi connectivity index (χ0v) is 26.8. The Labute approximate surface area is 257 Å². The monoisotopic (exact) mass is 625 g/mol. The zero-order valence-electron chi connectivity index (χ0n) is 25.9. The van der Waals surface area contributed by atoms with Gasteiger partial charge >= 0.3 is 6.09 Å². The molecule has 1 N–H and O–H groups in total. The quantitative estimate of drug-likeness (QED) is 0.0669. The van der Waals surface area contributed by atoms with Gasteiger partial charge in [0.1, 0.15) is 19.5 Å². The van der Waals surface area contributed by atoms with Crippen molar-refractivity contribution < 1.29 is 41.9 Å². The van der Waals surface area contributed by atoms with Crippen molar-refractivity contribution in [1.29, 1.82) is 0 Å². The van der Waals surface area contributed by atoms with E-state index in [1.165, 1.54) is 89.4 Å². The van der Waals surface area contributed by atoms with Crippen LogP contribution in [0.2, 0.25) is 0 Å². The molecule has 2 rings (SSSR count). The molecular formula is C31H52N3O8P. The van der Waals surface area contributed by atoms with Crippen molar-refractivity contribution in [2.45, 2.75) is 116 Å². The molecule has 0 aliphatic heterocycles. The van der Waals surface area contributed by atoms with Crippen LogP contribution in [0.15, 0.2) is 47.4 Å². The van der Waals surface area contributed by atoms with Crippen molar-refractivity contribution in [2.24, 2.45) is 0 Å². The van der Waals surface area contributed by atoms with E-state index >= 15 is 0 Å². The van der Waals surface area contributed by atoms with Crippen molar-refractivity contribution in [3.05, 3.63) is 42.9 Å². The summed E-state index contributed by atoms with van der Waals surface area (Å²) in [5.41, 5.74) is 0. The predicted molar refractivity (Wildman–Crippen MR) is 161 cm³/mol. The number of amides is 1. The zero-order chi connectivity index (χ0) is 30.9. The number of rotatable bonds is 27. The molecule has 244 valence electrons. The van der Waals surface area contributed by atoms with E-state index in [9.17, 15) is 14.3 Å². The van der Waals surface area contributed by atoms with E-state index in [1.807, 2.05) is 18.2 Å². The van der Waals surface area contributed by atoms with Crippen LogP contribution in [0, 0.1) is 0 Å². The molecule has 2 heterocycles. The van der Waals surface area contributed by atoms with E-state index in [2.05, 4.69) is 17.4 Å². The lowest BCUT2D eigenvalue weighted by atomic mass is 10.0. The topological polar surface area (TPSA) is 136 Å². The summed E-state index contributed by atoms with van der Waals surface area (Å²) in [6.45, 7) is 2.32. The minimum atomic E-state index is -4.61. The fourth-order valence-corrected chi connectivity index (χ4v) is 5.24. The van der Waals surface area contributed by atoms with Crippen molar-refractivity contribution in [3.63, 3.8) is 0 Å². The Morgan fingerprint density at radius 1 is 0.907 bits per heavy atom. The number of phosphoric acid groups is 1. The van der Waals surface area contributed by atoms with Crippen LogP contribution < -0.4 is 19.5 Å². The smallest absolute Gasteiger partial charge is 0.407 e. The molecule has 2 atom stereocenters. The lowest BCUT2D eigenvalue weighted by Gasteiger charge is -2.25. The van der Waals surface area contributed by atoms with E-state index in [4.69, 9.17) is 23.0 Å². The summed E-state index contributed by atoms with van der Waals surface area (Å²) in [6, 6.07) is 6.97. The first-order valence-corrected chi connectivity index (χ1v) is 17.5. The third-order valence-corrected chi connectivity index (χ3v) is 7.91. The molecule has 12 heteroatoms. The number of unbranched alkanes of at least 4 members (excludes halogenated alkanes) is 14. The van der Waals surface area contributed by atoms with Gasteiger partial charge in [0, 0.05) is 24.7 Å². The van der Waals surface area contributed by atoms with Gasteiger partial charge < -0.3 is 33.3 Å². The Balaban J connectivity index is 1.51. The van der Waals surface area contributed by atoms with Crippen LogP contribution in [0.1, 0.15) is 103 Å². The fraction of sp³-hybridized carbons (Fsp3) is 0.710. The molecule has 11 nitrogen and oxygen atoms in total. The first-order valence-electron chi connectivity index (χ1n) is 16.0. The van der Waals surface area contributed by atoms with Crippen LogP contribution in [0.3, 0.4) is 0 Å². The first-order chi connectivity index (χ1) is 21.0. The number of pyridine rings is 1. The summed E-state index contributed by atoms with van der Waals surface area (Å²) in [7, 11) is -4.61. The predicted octanol–water partition coefficient (Wildman–Crippen LogP) is 6.51. The van der Waals surface area contributed by atoms with Crippen molar-refractivity contribution in [1.82, 2.24) is 10.5 Å². The van der Waals surface area contributed by atoms with Crippen LogP contribution in [0.25, 0.3) is 0 Å². The maximum Gasteiger partial charge on any atom is 0.407 e. The molecule has 0 saturated heterocycles. The summed E-state index contributed by atoms with van der Waals surface area (Å²) < 4.78 is 39.4. The number of hydrogen-bond donors (Lipinski definition) is 1. The van der Waals surface area contributed by atoms with Crippen LogP contribution in [0.5, 0.6) is 5.88 Å². The fourth-order valence-electron chi connectivity index (χ4n) is 4.51. The average Bonchev–Trinajstić information content (AvgIpc) is 3.52. The molecule has 0 aliphatic carbocycles. The van der Waals surface area contributed by atoms with Gasteiger partial charge in [0.2, 0.25) is 0 Å². The van der Waals surface area contributed by atoms with Crippen LogP contribution in [-0.2, 0) is 24.9 Å². The SMILES string of the molecule is CCCCCCCCCCCCCCCCCNC(=O)OCC(COP(=O)([O-])OCC[n+]1ccccc1)Oc1ccon1. The number of carbonyl (C=O) groups is 1. The van der Waals surface area contributed by atoms with Gasteiger partial charge in [0.15, 0.2) is 25.0 Å². The minimum absolute atomic E-state index is 0.0948. The molecular weight excluding hydrogens is 573 g/mol. The van der Waals surface area contributed by atoms with Crippen molar-refractivity contribution in [2.75, 3.05) is 26.4 Å². The second kappa shape index (κ2) is 23.9. The van der Waals surface area contributed by atoms with Gasteiger partial charge in [-0.2, -0.15) is 0 Å². The number of hydrogen-bond acceptors (Lipinski definition) is 9. The summed E-state index contributed by atoms with van der Waals surface area (Å²) in [5.74, 6) is 0.109. The standard InChI is InChI=1S/C31H52N3O8P/c1-2-3-4-5-6-7-8-9-10-11-12-13-14-15-17-21-32-31(35)38-27-29(42-30-20-25-39-33-30)28-41-43(36,37)40-26-24-34-22-18-16-19-23-34/h16,18-20,22-23,25,29H,2-15,17,21,24,26-28H2,1H3,(H-,32,35,36,37). The number of nitrogens with one attached hydrogen (secondary N) is 1. The Hall–Kier alpha value is -2.46. The molecule has 43 heavy (non-hydrogen) atoms. The molecule has 0 bridgehead atoms. The molecule has 1 amide bonds. The molecule has 0 saturated carbocycles. The van der Waals surface area contributed by atoms with Gasteiger partial charge in [-0.1, -0.05) is 103 Å². The van der Waals surface area contributed by atoms with Gasteiger partial charge in [0.05, 0.1) is 6.61 Å². The van der Waals surface area contributed by atoms with Crippen molar-refractivity contribution >= 4 is 13.9 Å². The highest BCUT2D eigenvalue weighted by molar-refractivity contribution is 7.45. The van der Waals surface area contributed by atoms with Gasteiger partial charge in [-0.05, 0) is 11.6 Å². The van der Waals surface area contributed by atoms with E-state index in [1.54, 1.807) is 17.0 Å². The summed E-state index contributed by atoms with van der Waals surface area (Å²) >= 11 is 0. The maximum absolute atomic E-state index is 12.2. The number of alkyl carbamates (subject to hydrolysis) is 1. The van der Waals surface area contributed by atoms with Gasteiger partial charge in [-0.15, -0.1) is 0 Å². The molecule has 0 spiro atoms. The van der Waals surface area contributed by atoms with Crippen LogP contribution in [0.4, 0.5) is 4.79 Å². The maximum atomic E-state index is 12.2. The van der Waals surface area contributed by atoms with Gasteiger partial charge in [-0.25, -0.2) is 9.36 Å². The molecule has 2 aromatic rings. The van der Waals surface area contributed by atoms with E-state index in [-0.39, 0.29) is 19.1 Å². The summed E-state index contributed by atoms with van der Waals surface area (Å²) in [4.78, 5) is 24.4. The molecule has 0 radical (unpaired) electrons. The Bertz CT molecular complexity index is 981. The molecule has 0 aliphatic rings. The van der Waals surface area contributed by atoms with E-state index in [0.717, 1.165) is 19.3 Å². The Kier molecular flexibility index (Phi) is 20.4. The van der Waals surface area contributed by atoms with E-state index in [0.29, 0.717) is 13.1 Å². The molecule has 2 aromatic heterocycles. The molecule has 0 aromatic carbocycles. The van der Waals surface area contributed by atoms with Gasteiger partial charge in [-0.3, -0.25) is 4.57 Å². The van der Waals surface area contributed by atoms with Crippen LogP contribution >= 0.6 is 7.82 Å². The van der Waals surface area contributed by atoms with Crippen molar-refractivity contribution in [3.8, 4) is 5.88 Å². The Morgan fingerprint density at radius 2 is 1.51 bits per heavy atom. The third kappa shape index (κ3) is 20.2. The molecule has 2 unspecified atom stereocenters. The lowest BCUT2D eigenvalue weighted by molar-refractivity contribution is -0.697. The number of aromatic nitrogens is 2. The summed E-state index contributed by atoms with van der Waals surface area (Å²) in [5, 5.41) is 6.37. The number of phosphoric ester groups is 1. The van der Waals surface area contributed by atoms with Gasteiger partial charge in [0.25, 0.3) is 13.7 Å². The second-order valence-corrected chi connectivity index (χ2v) is 12.2. The highest BCUT2D eigenvalue weighted by Crippen LogP contribution is 2.38. The lowest BCUT2D eigenvalue weighted by Crippen LogP contribution is -2.35. The first kappa shape index (κ1) is 36.7. The highest BCUT2D eigenvalue weighted by Gasteiger charge is 2.20. The molecule has 0 fully saturated rings. The highest BCUT2D eigenvalue weighted by atomic mass is 31.2. The number of ether oxygens (including phenoxy) is 2. The number of carbonyl (C=O) groups excluding carboxylic acids is 1. The Morgan fingerprint density at radius 3 is 2.09 bits per heavy atom. The largest absolute Gasteiger partial charge is 0.756 e. The van der Waals surface area contributed by atoms with Crippen LogP contribution in [-0.4, -0.2) is 43.7 Å². The minimum Gasteiger partial charge on any atom is -0.756 e.